The highest BCUT2D eigenvalue weighted by Crippen LogP contribution is 2.20. The van der Waals surface area contributed by atoms with Crippen LogP contribution in [0.1, 0.15) is 18.4 Å². The molecule has 0 atom stereocenters. The molecule has 1 aromatic carbocycles. The van der Waals surface area contributed by atoms with Crippen molar-refractivity contribution < 1.29 is 14.4 Å². The van der Waals surface area contributed by atoms with Crippen molar-refractivity contribution in [1.29, 1.82) is 5.26 Å². The second kappa shape index (κ2) is 5.72. The number of likely N-dealkylation sites (tertiary alicyclic amines) is 1. The van der Waals surface area contributed by atoms with E-state index in [2.05, 4.69) is 5.32 Å². The van der Waals surface area contributed by atoms with Gasteiger partial charge in [-0.05, 0) is 18.2 Å². The lowest BCUT2D eigenvalue weighted by Crippen LogP contribution is -2.36. The molecule has 7 heteroatoms. The molecule has 0 aromatic heterocycles. The Bertz CT molecular complexity index is 620. The lowest BCUT2D eigenvalue weighted by molar-refractivity contribution is -0.141. The minimum Gasteiger partial charge on any atom is -0.324 e. The molecule has 20 heavy (non-hydrogen) atoms. The number of anilines is 1. The monoisotopic (exact) mass is 291 g/mol. The molecule has 2 rings (SSSR count). The second-order valence-corrected chi connectivity index (χ2v) is 4.64. The van der Waals surface area contributed by atoms with Crippen LogP contribution in [0, 0.1) is 11.3 Å². The Morgan fingerprint density at radius 3 is 2.55 bits per heavy atom. The van der Waals surface area contributed by atoms with Crippen LogP contribution in [0.25, 0.3) is 0 Å². The van der Waals surface area contributed by atoms with E-state index in [4.69, 9.17) is 16.9 Å². The maximum atomic E-state index is 11.8. The van der Waals surface area contributed by atoms with E-state index in [0.29, 0.717) is 11.3 Å². The van der Waals surface area contributed by atoms with Gasteiger partial charge in [0.1, 0.15) is 12.6 Å². The predicted molar refractivity (Wildman–Crippen MR) is 70.8 cm³/mol. The van der Waals surface area contributed by atoms with Crippen molar-refractivity contribution in [1.82, 2.24) is 4.90 Å². The Morgan fingerprint density at radius 2 is 2.00 bits per heavy atom. The zero-order valence-electron chi connectivity index (χ0n) is 10.4. The largest absolute Gasteiger partial charge is 0.324 e. The molecule has 102 valence electrons. The number of amides is 3. The summed E-state index contributed by atoms with van der Waals surface area (Å²) in [6.45, 7) is -0.310. The van der Waals surface area contributed by atoms with Crippen molar-refractivity contribution in [2.24, 2.45) is 0 Å². The summed E-state index contributed by atoms with van der Waals surface area (Å²) < 4.78 is 0. The zero-order chi connectivity index (χ0) is 14.7. The highest BCUT2D eigenvalue weighted by Gasteiger charge is 2.30. The predicted octanol–water partition coefficient (Wildman–Crippen LogP) is 1.30. The molecule has 1 aliphatic heterocycles. The fourth-order valence-corrected chi connectivity index (χ4v) is 2.05. The summed E-state index contributed by atoms with van der Waals surface area (Å²) in [5.41, 5.74) is 0.702. The smallest absolute Gasteiger partial charge is 0.244 e. The van der Waals surface area contributed by atoms with E-state index in [0.717, 1.165) is 4.90 Å². The van der Waals surface area contributed by atoms with Crippen LogP contribution in [-0.4, -0.2) is 29.2 Å². The number of nitrogens with one attached hydrogen (secondary N) is 1. The van der Waals surface area contributed by atoms with Gasteiger partial charge in [0, 0.05) is 18.5 Å². The quantitative estimate of drug-likeness (QED) is 0.850. The van der Waals surface area contributed by atoms with Crippen LogP contribution in [0.5, 0.6) is 0 Å². The molecule has 6 nitrogen and oxygen atoms in total. The third-order valence-electron chi connectivity index (χ3n) is 2.83. The number of imide groups is 1. The average molecular weight is 292 g/mol. The number of carbonyl (C=O) groups is 3. The van der Waals surface area contributed by atoms with E-state index in [1.165, 1.54) is 18.2 Å². The molecule has 1 aliphatic rings. The maximum Gasteiger partial charge on any atom is 0.244 e. The molecule has 1 N–H and O–H groups in total. The first-order chi connectivity index (χ1) is 9.51. The van der Waals surface area contributed by atoms with Crippen molar-refractivity contribution in [2.75, 3.05) is 11.9 Å². The van der Waals surface area contributed by atoms with Gasteiger partial charge in [-0.1, -0.05) is 11.6 Å². The average Bonchev–Trinajstić information content (AvgIpc) is 2.71. The highest BCUT2D eigenvalue weighted by molar-refractivity contribution is 6.32. The van der Waals surface area contributed by atoms with Crippen LogP contribution in [0.3, 0.4) is 0 Å². The Morgan fingerprint density at radius 1 is 1.35 bits per heavy atom. The van der Waals surface area contributed by atoms with Crippen LogP contribution >= 0.6 is 11.6 Å². The highest BCUT2D eigenvalue weighted by atomic mass is 35.5. The molecule has 0 bridgehead atoms. The van der Waals surface area contributed by atoms with Gasteiger partial charge in [0.15, 0.2) is 0 Å². The van der Waals surface area contributed by atoms with E-state index in [1.807, 2.05) is 6.07 Å². The standard InChI is InChI=1S/C13H10ClN3O3/c14-10-5-9(2-1-8(10)6-15)16-11(18)7-17-12(19)3-4-13(17)20/h1-2,5H,3-4,7H2,(H,16,18). The van der Waals surface area contributed by atoms with Gasteiger partial charge >= 0.3 is 0 Å². The molecule has 0 saturated carbocycles. The van der Waals surface area contributed by atoms with E-state index in [-0.39, 0.29) is 36.2 Å². The second-order valence-electron chi connectivity index (χ2n) is 4.23. The summed E-state index contributed by atoms with van der Waals surface area (Å²) in [6.07, 6.45) is 0.295. The summed E-state index contributed by atoms with van der Waals surface area (Å²) >= 11 is 5.84. The van der Waals surface area contributed by atoms with E-state index in [1.54, 1.807) is 0 Å². The van der Waals surface area contributed by atoms with Gasteiger partial charge in [0.05, 0.1) is 10.6 Å². The lowest BCUT2D eigenvalue weighted by atomic mass is 10.2. The molecular weight excluding hydrogens is 282 g/mol. The van der Waals surface area contributed by atoms with Crippen LogP contribution in [0.4, 0.5) is 5.69 Å². The number of nitriles is 1. The maximum absolute atomic E-state index is 11.8. The minimum atomic E-state index is -0.491. The summed E-state index contributed by atoms with van der Waals surface area (Å²) in [6, 6.07) is 6.34. The van der Waals surface area contributed by atoms with Crippen LogP contribution in [0.15, 0.2) is 18.2 Å². The summed E-state index contributed by atoms with van der Waals surface area (Å²) in [5.74, 6) is -1.18. The molecule has 1 aromatic rings. The van der Waals surface area contributed by atoms with Gasteiger partial charge in [0.25, 0.3) is 0 Å². The fraction of sp³-hybridized carbons (Fsp3) is 0.231. The van der Waals surface area contributed by atoms with Gasteiger partial charge in [-0.2, -0.15) is 5.26 Å². The van der Waals surface area contributed by atoms with E-state index < -0.39 is 5.91 Å². The molecule has 0 aliphatic carbocycles. The Labute approximate surface area is 119 Å². The van der Waals surface area contributed by atoms with Crippen molar-refractivity contribution in [3.63, 3.8) is 0 Å². The third-order valence-corrected chi connectivity index (χ3v) is 3.14. The van der Waals surface area contributed by atoms with Crippen molar-refractivity contribution in [3.8, 4) is 6.07 Å². The number of hydrogen-bond donors (Lipinski definition) is 1. The molecule has 1 saturated heterocycles. The molecule has 1 fully saturated rings. The van der Waals surface area contributed by atoms with E-state index in [9.17, 15) is 14.4 Å². The number of halogens is 1. The number of nitrogens with zero attached hydrogens (tertiary/aromatic N) is 2. The number of rotatable bonds is 3. The van der Waals surface area contributed by atoms with Crippen LogP contribution in [0.2, 0.25) is 5.02 Å². The van der Waals surface area contributed by atoms with Crippen LogP contribution in [-0.2, 0) is 14.4 Å². The first-order valence-electron chi connectivity index (χ1n) is 5.84. The first-order valence-corrected chi connectivity index (χ1v) is 6.22. The SMILES string of the molecule is N#Cc1ccc(NC(=O)CN2C(=O)CCC2=O)cc1Cl. The number of carbonyl (C=O) groups excluding carboxylic acids is 3. The van der Waals surface area contributed by atoms with Gasteiger partial charge in [0.2, 0.25) is 17.7 Å². The zero-order valence-corrected chi connectivity index (χ0v) is 11.1. The third kappa shape index (κ3) is 2.95. The van der Waals surface area contributed by atoms with Gasteiger partial charge in [-0.25, -0.2) is 0 Å². The van der Waals surface area contributed by atoms with E-state index >= 15 is 0 Å². The van der Waals surface area contributed by atoms with Gasteiger partial charge in [-0.15, -0.1) is 0 Å². The van der Waals surface area contributed by atoms with Crippen LogP contribution < -0.4 is 5.32 Å². The molecule has 0 unspecified atom stereocenters. The molecule has 3 amide bonds. The number of benzene rings is 1. The molecule has 0 spiro atoms. The number of hydrogen-bond acceptors (Lipinski definition) is 4. The van der Waals surface area contributed by atoms with Gasteiger partial charge < -0.3 is 5.32 Å². The summed E-state index contributed by atoms with van der Waals surface area (Å²) in [7, 11) is 0. The fourth-order valence-electron chi connectivity index (χ4n) is 1.83. The van der Waals surface area contributed by atoms with Crippen molar-refractivity contribution >= 4 is 35.0 Å². The van der Waals surface area contributed by atoms with Gasteiger partial charge in [-0.3, -0.25) is 19.3 Å². The normalized spacial score (nSPS) is 14.3. The first kappa shape index (κ1) is 14.0. The lowest BCUT2D eigenvalue weighted by Gasteiger charge is -2.13. The Kier molecular flexibility index (Phi) is 4.01. The molecule has 1 heterocycles. The Hall–Kier alpha value is -2.39. The molecular formula is C13H10ClN3O3. The summed E-state index contributed by atoms with van der Waals surface area (Å²) in [4.78, 5) is 35.4. The van der Waals surface area contributed by atoms with Crippen molar-refractivity contribution in [2.45, 2.75) is 12.8 Å². The van der Waals surface area contributed by atoms with Crippen molar-refractivity contribution in [3.05, 3.63) is 28.8 Å². The molecule has 0 radical (unpaired) electrons. The summed E-state index contributed by atoms with van der Waals surface area (Å²) in [5, 5.41) is 11.5. The Balaban J connectivity index is 2.02. The topological polar surface area (TPSA) is 90.3 Å². The minimum absolute atomic E-state index is 0.148.